The zero-order chi connectivity index (χ0) is 14.1. The Morgan fingerprint density at radius 1 is 1.42 bits per heavy atom. The van der Waals surface area contributed by atoms with E-state index in [1.807, 2.05) is 6.92 Å². The number of carbonyl (C=O) groups excluding carboxylic acids is 1. The van der Waals surface area contributed by atoms with E-state index in [1.54, 1.807) is 19.1 Å². The second kappa shape index (κ2) is 4.93. The molecule has 1 amide bonds. The molecule has 0 aliphatic heterocycles. The van der Waals surface area contributed by atoms with Gasteiger partial charge in [-0.05, 0) is 43.9 Å². The van der Waals surface area contributed by atoms with Gasteiger partial charge in [0.25, 0.3) is 0 Å². The molecule has 104 valence electrons. The first-order chi connectivity index (χ1) is 8.89. The minimum atomic E-state index is -0.880. The number of benzene rings is 1. The topological polar surface area (TPSA) is 49.3 Å². The van der Waals surface area contributed by atoms with E-state index in [4.69, 9.17) is 0 Å². The monoisotopic (exact) mass is 265 g/mol. The van der Waals surface area contributed by atoms with Gasteiger partial charge in [-0.25, -0.2) is 4.39 Å². The average molecular weight is 265 g/mol. The van der Waals surface area contributed by atoms with Gasteiger partial charge >= 0.3 is 0 Å². The number of nitrogens with one attached hydrogen (secondary N) is 1. The fraction of sp³-hybridized carbons (Fsp3) is 0.533. The van der Waals surface area contributed by atoms with E-state index in [9.17, 15) is 14.3 Å². The summed E-state index contributed by atoms with van der Waals surface area (Å²) in [6, 6.07) is 6.09. The molecule has 0 saturated heterocycles. The molecule has 0 spiro atoms. The Kier molecular flexibility index (Phi) is 3.63. The first kappa shape index (κ1) is 14.0. The quantitative estimate of drug-likeness (QED) is 0.857. The molecule has 0 heterocycles. The van der Waals surface area contributed by atoms with E-state index < -0.39 is 11.0 Å². The predicted molar refractivity (Wildman–Crippen MR) is 71.2 cm³/mol. The smallest absolute Gasteiger partial charge is 0.230 e. The predicted octanol–water partition coefficient (Wildman–Crippen LogP) is 2.13. The van der Waals surface area contributed by atoms with E-state index in [1.165, 1.54) is 12.1 Å². The van der Waals surface area contributed by atoms with Crippen LogP contribution in [0.25, 0.3) is 0 Å². The Morgan fingerprint density at radius 2 is 2.00 bits per heavy atom. The molecule has 1 aliphatic rings. The molecule has 19 heavy (non-hydrogen) atoms. The Balaban J connectivity index is 2.04. The minimum Gasteiger partial charge on any atom is -0.388 e. The molecule has 1 unspecified atom stereocenters. The molecule has 0 radical (unpaired) electrons. The SMILES string of the molecule is CCC(C)(O)CNC(=O)C1(c2ccc(F)cc2)CC1. The maximum atomic E-state index is 12.9. The van der Waals surface area contributed by atoms with Crippen LogP contribution in [0.5, 0.6) is 0 Å². The van der Waals surface area contributed by atoms with Gasteiger partial charge in [-0.3, -0.25) is 4.79 Å². The van der Waals surface area contributed by atoms with Gasteiger partial charge in [0.2, 0.25) is 5.91 Å². The van der Waals surface area contributed by atoms with Crippen LogP contribution < -0.4 is 5.32 Å². The summed E-state index contributed by atoms with van der Waals surface area (Å²) in [6.07, 6.45) is 2.13. The van der Waals surface area contributed by atoms with Gasteiger partial charge < -0.3 is 10.4 Å². The van der Waals surface area contributed by atoms with Crippen LogP contribution in [-0.2, 0) is 10.2 Å². The average Bonchev–Trinajstić information content (AvgIpc) is 3.18. The summed E-state index contributed by atoms with van der Waals surface area (Å²) in [5.41, 5.74) is -0.547. The molecule has 2 rings (SSSR count). The van der Waals surface area contributed by atoms with Crippen LogP contribution in [-0.4, -0.2) is 23.2 Å². The molecule has 3 nitrogen and oxygen atoms in total. The van der Waals surface area contributed by atoms with Crippen LogP contribution in [0.2, 0.25) is 0 Å². The van der Waals surface area contributed by atoms with E-state index in [0.717, 1.165) is 18.4 Å². The molecule has 4 heteroatoms. The fourth-order valence-electron chi connectivity index (χ4n) is 2.11. The zero-order valence-electron chi connectivity index (χ0n) is 11.4. The highest BCUT2D eigenvalue weighted by molar-refractivity contribution is 5.91. The molecule has 2 N–H and O–H groups in total. The van der Waals surface area contributed by atoms with Gasteiger partial charge in [-0.15, -0.1) is 0 Å². The Bertz CT molecular complexity index is 464. The van der Waals surface area contributed by atoms with Gasteiger partial charge in [0.15, 0.2) is 0 Å². The molecular formula is C15H20FNO2. The van der Waals surface area contributed by atoms with Crippen molar-refractivity contribution in [3.8, 4) is 0 Å². The van der Waals surface area contributed by atoms with Crippen molar-refractivity contribution in [1.82, 2.24) is 5.32 Å². The molecule has 0 bridgehead atoms. The van der Waals surface area contributed by atoms with Gasteiger partial charge in [-0.2, -0.15) is 0 Å². The molecule has 1 saturated carbocycles. The zero-order valence-corrected chi connectivity index (χ0v) is 11.4. The first-order valence-corrected chi connectivity index (χ1v) is 6.66. The van der Waals surface area contributed by atoms with E-state index in [2.05, 4.69) is 5.32 Å². The molecule has 0 aromatic heterocycles. The second-order valence-electron chi connectivity index (χ2n) is 5.62. The summed E-state index contributed by atoms with van der Waals surface area (Å²) in [5.74, 6) is -0.373. The summed E-state index contributed by atoms with van der Waals surface area (Å²) in [4.78, 5) is 12.3. The number of aliphatic hydroxyl groups is 1. The van der Waals surface area contributed by atoms with Crippen molar-refractivity contribution in [1.29, 1.82) is 0 Å². The summed E-state index contributed by atoms with van der Waals surface area (Å²) >= 11 is 0. The van der Waals surface area contributed by atoms with Crippen molar-refractivity contribution in [3.05, 3.63) is 35.6 Å². The van der Waals surface area contributed by atoms with Gasteiger partial charge in [-0.1, -0.05) is 19.1 Å². The second-order valence-corrected chi connectivity index (χ2v) is 5.62. The number of halogens is 1. The standard InChI is InChI=1S/C15H20FNO2/c1-3-14(2,19)10-17-13(18)15(8-9-15)11-4-6-12(16)7-5-11/h4-7,19H,3,8-10H2,1-2H3,(H,17,18). The van der Waals surface area contributed by atoms with E-state index >= 15 is 0 Å². The molecule has 1 atom stereocenters. The lowest BCUT2D eigenvalue weighted by Crippen LogP contribution is -2.44. The Labute approximate surface area is 112 Å². The highest BCUT2D eigenvalue weighted by Crippen LogP contribution is 2.48. The number of rotatable bonds is 5. The lowest BCUT2D eigenvalue weighted by Gasteiger charge is -2.24. The van der Waals surface area contributed by atoms with Crippen molar-refractivity contribution in [2.75, 3.05) is 6.54 Å². The third kappa shape index (κ3) is 2.95. The normalized spacial score (nSPS) is 19.6. The van der Waals surface area contributed by atoms with E-state index in [-0.39, 0.29) is 18.3 Å². The highest BCUT2D eigenvalue weighted by atomic mass is 19.1. The Morgan fingerprint density at radius 3 is 2.47 bits per heavy atom. The summed E-state index contributed by atoms with van der Waals surface area (Å²) in [6.45, 7) is 3.81. The molecule has 1 aromatic rings. The van der Waals surface area contributed by atoms with Crippen LogP contribution in [0.1, 0.15) is 38.7 Å². The minimum absolute atomic E-state index is 0.0761. The molecule has 1 aromatic carbocycles. The van der Waals surface area contributed by atoms with Gasteiger partial charge in [0.1, 0.15) is 5.82 Å². The van der Waals surface area contributed by atoms with Gasteiger partial charge in [0, 0.05) is 6.54 Å². The first-order valence-electron chi connectivity index (χ1n) is 6.66. The third-order valence-electron chi connectivity index (χ3n) is 3.97. The maximum absolute atomic E-state index is 12.9. The van der Waals surface area contributed by atoms with Crippen molar-refractivity contribution < 1.29 is 14.3 Å². The van der Waals surface area contributed by atoms with Crippen molar-refractivity contribution in [2.24, 2.45) is 0 Å². The van der Waals surface area contributed by atoms with Crippen LogP contribution in [0.4, 0.5) is 4.39 Å². The van der Waals surface area contributed by atoms with Crippen molar-refractivity contribution >= 4 is 5.91 Å². The van der Waals surface area contributed by atoms with Crippen molar-refractivity contribution in [2.45, 2.75) is 44.1 Å². The number of amides is 1. The Hall–Kier alpha value is -1.42. The number of hydrogen-bond donors (Lipinski definition) is 2. The summed E-state index contributed by atoms with van der Waals surface area (Å²) in [7, 11) is 0. The maximum Gasteiger partial charge on any atom is 0.230 e. The lowest BCUT2D eigenvalue weighted by atomic mass is 9.94. The summed E-state index contributed by atoms with van der Waals surface area (Å²) in [5, 5.41) is 12.7. The molecule has 1 aliphatic carbocycles. The lowest BCUT2D eigenvalue weighted by molar-refractivity contribution is -0.124. The fourth-order valence-corrected chi connectivity index (χ4v) is 2.11. The largest absolute Gasteiger partial charge is 0.388 e. The van der Waals surface area contributed by atoms with E-state index in [0.29, 0.717) is 6.42 Å². The number of carbonyl (C=O) groups is 1. The number of hydrogen-bond acceptors (Lipinski definition) is 2. The van der Waals surface area contributed by atoms with Gasteiger partial charge in [0.05, 0.1) is 11.0 Å². The van der Waals surface area contributed by atoms with Crippen LogP contribution in [0.3, 0.4) is 0 Å². The third-order valence-corrected chi connectivity index (χ3v) is 3.97. The molecule has 1 fully saturated rings. The van der Waals surface area contributed by atoms with Crippen LogP contribution >= 0.6 is 0 Å². The van der Waals surface area contributed by atoms with Crippen LogP contribution in [0.15, 0.2) is 24.3 Å². The van der Waals surface area contributed by atoms with Crippen molar-refractivity contribution in [3.63, 3.8) is 0 Å². The van der Waals surface area contributed by atoms with Crippen LogP contribution in [0, 0.1) is 5.82 Å². The summed E-state index contributed by atoms with van der Waals surface area (Å²) < 4.78 is 12.9. The molecular weight excluding hydrogens is 245 g/mol. The highest BCUT2D eigenvalue weighted by Gasteiger charge is 2.51.